The smallest absolute Gasteiger partial charge is 0.231 e. The summed E-state index contributed by atoms with van der Waals surface area (Å²) in [6.07, 6.45) is 0.875. The molecule has 0 saturated heterocycles. The SMILES string of the molecule is CNC(Cc1ccc2c(c1)OCO2)c1cccc(OC)c1.Cl. The van der Waals surface area contributed by atoms with Gasteiger partial charge in [-0.15, -0.1) is 12.4 Å². The second-order valence-corrected chi connectivity index (χ2v) is 5.01. The molecule has 2 aromatic rings. The quantitative estimate of drug-likeness (QED) is 0.916. The van der Waals surface area contributed by atoms with Crippen LogP contribution in [0.3, 0.4) is 0 Å². The summed E-state index contributed by atoms with van der Waals surface area (Å²) >= 11 is 0. The van der Waals surface area contributed by atoms with E-state index in [0.29, 0.717) is 6.79 Å². The molecule has 0 aliphatic carbocycles. The molecular weight excluding hydrogens is 302 g/mol. The van der Waals surface area contributed by atoms with Crippen molar-refractivity contribution in [2.45, 2.75) is 12.5 Å². The van der Waals surface area contributed by atoms with Crippen LogP contribution in [0, 0.1) is 0 Å². The Hall–Kier alpha value is -1.91. The van der Waals surface area contributed by atoms with Crippen LogP contribution < -0.4 is 19.5 Å². The van der Waals surface area contributed by atoms with Gasteiger partial charge < -0.3 is 19.5 Å². The number of halogens is 1. The van der Waals surface area contributed by atoms with E-state index >= 15 is 0 Å². The maximum Gasteiger partial charge on any atom is 0.231 e. The molecule has 22 heavy (non-hydrogen) atoms. The van der Waals surface area contributed by atoms with E-state index in [4.69, 9.17) is 14.2 Å². The summed E-state index contributed by atoms with van der Waals surface area (Å²) in [6.45, 7) is 0.310. The van der Waals surface area contributed by atoms with Gasteiger partial charge in [-0.3, -0.25) is 0 Å². The molecule has 0 bridgehead atoms. The van der Waals surface area contributed by atoms with E-state index in [1.54, 1.807) is 7.11 Å². The minimum absolute atomic E-state index is 0. The van der Waals surface area contributed by atoms with Crippen LogP contribution in [0.1, 0.15) is 17.2 Å². The van der Waals surface area contributed by atoms with Gasteiger partial charge in [-0.05, 0) is 48.9 Å². The Kier molecular flexibility index (Phi) is 5.52. The van der Waals surface area contributed by atoms with Crippen LogP contribution in [0.4, 0.5) is 0 Å². The highest BCUT2D eigenvalue weighted by Crippen LogP contribution is 2.33. The van der Waals surface area contributed by atoms with Gasteiger partial charge in [-0.1, -0.05) is 18.2 Å². The number of hydrogen-bond acceptors (Lipinski definition) is 4. The fourth-order valence-corrected chi connectivity index (χ4v) is 2.55. The third-order valence-electron chi connectivity index (χ3n) is 3.72. The van der Waals surface area contributed by atoms with Gasteiger partial charge in [0, 0.05) is 6.04 Å². The van der Waals surface area contributed by atoms with Crippen molar-refractivity contribution in [3.8, 4) is 17.2 Å². The lowest BCUT2D eigenvalue weighted by atomic mass is 9.98. The Labute approximate surface area is 136 Å². The van der Waals surface area contributed by atoms with Gasteiger partial charge in [0.2, 0.25) is 6.79 Å². The molecule has 1 aliphatic heterocycles. The van der Waals surface area contributed by atoms with Crippen LogP contribution in [0.25, 0.3) is 0 Å². The molecular formula is C17H20ClNO3. The molecule has 0 amide bonds. The van der Waals surface area contributed by atoms with E-state index in [1.165, 1.54) is 11.1 Å². The highest BCUT2D eigenvalue weighted by Gasteiger charge is 2.16. The average molecular weight is 322 g/mol. The fourth-order valence-electron chi connectivity index (χ4n) is 2.55. The molecule has 118 valence electrons. The molecule has 1 atom stereocenters. The maximum absolute atomic E-state index is 5.43. The monoisotopic (exact) mass is 321 g/mol. The van der Waals surface area contributed by atoms with Crippen molar-refractivity contribution in [2.75, 3.05) is 21.0 Å². The molecule has 0 saturated carbocycles. The van der Waals surface area contributed by atoms with Crippen molar-refractivity contribution >= 4 is 12.4 Å². The van der Waals surface area contributed by atoms with Crippen molar-refractivity contribution < 1.29 is 14.2 Å². The van der Waals surface area contributed by atoms with E-state index in [0.717, 1.165) is 23.7 Å². The standard InChI is InChI=1S/C17H19NO3.ClH/c1-18-15(13-4-3-5-14(10-13)19-2)8-12-6-7-16-17(9-12)21-11-20-16;/h3-7,9-10,15,18H,8,11H2,1-2H3;1H. The van der Waals surface area contributed by atoms with E-state index in [2.05, 4.69) is 23.5 Å². The first-order valence-electron chi connectivity index (χ1n) is 7.00. The van der Waals surface area contributed by atoms with Crippen LogP contribution in [0.15, 0.2) is 42.5 Å². The third-order valence-corrected chi connectivity index (χ3v) is 3.72. The van der Waals surface area contributed by atoms with Gasteiger partial charge in [0.25, 0.3) is 0 Å². The van der Waals surface area contributed by atoms with Crippen LogP contribution in [-0.4, -0.2) is 21.0 Å². The molecule has 0 fully saturated rings. The number of benzene rings is 2. The summed E-state index contributed by atoms with van der Waals surface area (Å²) in [6, 6.07) is 14.5. The summed E-state index contributed by atoms with van der Waals surface area (Å²) in [4.78, 5) is 0. The van der Waals surface area contributed by atoms with Crippen LogP contribution in [0.2, 0.25) is 0 Å². The van der Waals surface area contributed by atoms with Gasteiger partial charge in [-0.25, -0.2) is 0 Å². The molecule has 2 aromatic carbocycles. The van der Waals surface area contributed by atoms with Crippen molar-refractivity contribution in [3.63, 3.8) is 0 Å². The largest absolute Gasteiger partial charge is 0.497 e. The Balaban J connectivity index is 0.00000176. The van der Waals surface area contributed by atoms with Crippen LogP contribution >= 0.6 is 12.4 Å². The van der Waals surface area contributed by atoms with Gasteiger partial charge >= 0.3 is 0 Å². The predicted octanol–water partition coefficient (Wildman–Crippen LogP) is 3.35. The summed E-state index contributed by atoms with van der Waals surface area (Å²) in [7, 11) is 3.66. The summed E-state index contributed by atoms with van der Waals surface area (Å²) in [5.41, 5.74) is 2.41. The Morgan fingerprint density at radius 2 is 1.95 bits per heavy atom. The zero-order chi connectivity index (χ0) is 14.7. The van der Waals surface area contributed by atoms with E-state index in [-0.39, 0.29) is 18.4 Å². The van der Waals surface area contributed by atoms with Crippen molar-refractivity contribution in [1.82, 2.24) is 5.32 Å². The number of hydrogen-bond donors (Lipinski definition) is 1. The lowest BCUT2D eigenvalue weighted by Gasteiger charge is -2.17. The van der Waals surface area contributed by atoms with Crippen molar-refractivity contribution in [1.29, 1.82) is 0 Å². The molecule has 0 spiro atoms. The summed E-state index contributed by atoms with van der Waals surface area (Å²) < 4.78 is 16.1. The molecule has 1 heterocycles. The number of methoxy groups -OCH3 is 1. The molecule has 1 unspecified atom stereocenters. The van der Waals surface area contributed by atoms with E-state index in [9.17, 15) is 0 Å². The normalized spacial score (nSPS) is 13.4. The molecule has 0 aromatic heterocycles. The lowest BCUT2D eigenvalue weighted by molar-refractivity contribution is 0.174. The van der Waals surface area contributed by atoms with Crippen LogP contribution in [-0.2, 0) is 6.42 Å². The Morgan fingerprint density at radius 1 is 1.14 bits per heavy atom. The second kappa shape index (κ2) is 7.38. The fraction of sp³-hybridized carbons (Fsp3) is 0.294. The Morgan fingerprint density at radius 3 is 2.73 bits per heavy atom. The first kappa shape index (κ1) is 16.5. The van der Waals surface area contributed by atoms with Crippen molar-refractivity contribution in [3.05, 3.63) is 53.6 Å². The molecule has 1 aliphatic rings. The Bertz CT molecular complexity index is 633. The molecule has 4 nitrogen and oxygen atoms in total. The second-order valence-electron chi connectivity index (χ2n) is 5.01. The predicted molar refractivity (Wildman–Crippen MR) is 88.3 cm³/mol. The van der Waals surface area contributed by atoms with Gasteiger partial charge in [0.1, 0.15) is 5.75 Å². The average Bonchev–Trinajstić information content (AvgIpc) is 3.00. The number of nitrogens with one attached hydrogen (secondary N) is 1. The first-order chi connectivity index (χ1) is 10.3. The molecule has 1 N–H and O–H groups in total. The minimum atomic E-state index is 0. The lowest BCUT2D eigenvalue weighted by Crippen LogP contribution is -2.18. The van der Waals surface area contributed by atoms with Gasteiger partial charge in [0.15, 0.2) is 11.5 Å². The first-order valence-corrected chi connectivity index (χ1v) is 7.00. The molecule has 5 heteroatoms. The minimum Gasteiger partial charge on any atom is -0.497 e. The third kappa shape index (κ3) is 3.46. The zero-order valence-corrected chi connectivity index (χ0v) is 13.5. The molecule has 0 radical (unpaired) electrons. The summed E-state index contributed by atoms with van der Waals surface area (Å²) in [5.74, 6) is 2.52. The van der Waals surface area contributed by atoms with Gasteiger partial charge in [-0.2, -0.15) is 0 Å². The number of ether oxygens (including phenoxy) is 3. The summed E-state index contributed by atoms with van der Waals surface area (Å²) in [5, 5.41) is 3.36. The topological polar surface area (TPSA) is 39.7 Å². The number of fused-ring (bicyclic) bond motifs is 1. The van der Waals surface area contributed by atoms with Crippen molar-refractivity contribution in [2.24, 2.45) is 0 Å². The molecule has 3 rings (SSSR count). The highest BCUT2D eigenvalue weighted by molar-refractivity contribution is 5.85. The number of rotatable bonds is 5. The zero-order valence-electron chi connectivity index (χ0n) is 12.7. The van der Waals surface area contributed by atoms with Gasteiger partial charge in [0.05, 0.1) is 7.11 Å². The highest BCUT2D eigenvalue weighted by atomic mass is 35.5. The van der Waals surface area contributed by atoms with E-state index in [1.807, 2.05) is 31.3 Å². The maximum atomic E-state index is 5.43. The number of likely N-dealkylation sites (N-methyl/N-ethyl adjacent to an activating group) is 1. The van der Waals surface area contributed by atoms with Crippen LogP contribution in [0.5, 0.6) is 17.2 Å². The van der Waals surface area contributed by atoms with E-state index < -0.39 is 0 Å².